The highest BCUT2D eigenvalue weighted by molar-refractivity contribution is 5.36. The average molecular weight is 257 g/mol. The molecule has 0 saturated heterocycles. The lowest BCUT2D eigenvalue weighted by Gasteiger charge is -2.08. The zero-order valence-electron chi connectivity index (χ0n) is 10.4. The highest BCUT2D eigenvalue weighted by Crippen LogP contribution is 2.21. The van der Waals surface area contributed by atoms with E-state index in [1.807, 2.05) is 0 Å². The summed E-state index contributed by atoms with van der Waals surface area (Å²) in [7, 11) is 1.56. The molecule has 2 aromatic rings. The van der Waals surface area contributed by atoms with Gasteiger partial charge in [-0.05, 0) is 18.2 Å². The van der Waals surface area contributed by atoms with Gasteiger partial charge in [0, 0.05) is 11.6 Å². The number of halogens is 1. The Hall–Kier alpha value is -2.54. The van der Waals surface area contributed by atoms with Crippen LogP contribution in [0.25, 0.3) is 0 Å². The van der Waals surface area contributed by atoms with Gasteiger partial charge in [-0.2, -0.15) is 5.26 Å². The van der Waals surface area contributed by atoms with Crippen molar-refractivity contribution in [2.45, 2.75) is 6.61 Å². The molecule has 0 amide bonds. The first-order valence-electron chi connectivity index (χ1n) is 5.69. The standard InChI is InChI=1S/C15H12FNO2/c1-18-13-6-3-7-14(8-13)19-10-12-5-2-4-11(9-17)15(12)16/h2-8H,10H2,1H3. The molecule has 0 aliphatic carbocycles. The molecular formula is C15H12FNO2. The second-order valence-electron chi connectivity index (χ2n) is 3.86. The van der Waals surface area contributed by atoms with E-state index in [1.54, 1.807) is 49.6 Å². The fourth-order valence-electron chi connectivity index (χ4n) is 1.63. The molecule has 0 N–H and O–H groups in total. The number of methoxy groups -OCH3 is 1. The minimum atomic E-state index is -0.534. The van der Waals surface area contributed by atoms with Crippen LogP contribution in [0, 0.1) is 17.1 Å². The summed E-state index contributed by atoms with van der Waals surface area (Å²) in [5.74, 6) is 0.720. The van der Waals surface area contributed by atoms with Gasteiger partial charge in [0.25, 0.3) is 0 Å². The summed E-state index contributed by atoms with van der Waals surface area (Å²) in [6.45, 7) is 0.0640. The molecule has 0 aliphatic heterocycles. The third-order valence-electron chi connectivity index (χ3n) is 2.63. The predicted molar refractivity (Wildman–Crippen MR) is 68.4 cm³/mol. The minimum Gasteiger partial charge on any atom is -0.497 e. The van der Waals surface area contributed by atoms with Gasteiger partial charge in [-0.15, -0.1) is 0 Å². The van der Waals surface area contributed by atoms with Crippen LogP contribution >= 0.6 is 0 Å². The number of ether oxygens (including phenoxy) is 2. The second kappa shape index (κ2) is 5.87. The molecule has 0 unspecified atom stereocenters. The molecule has 4 heteroatoms. The number of nitrogens with zero attached hydrogens (tertiary/aromatic N) is 1. The number of nitriles is 1. The maximum Gasteiger partial charge on any atom is 0.147 e. The first-order valence-corrected chi connectivity index (χ1v) is 5.69. The summed E-state index contributed by atoms with van der Waals surface area (Å²) in [4.78, 5) is 0. The molecule has 0 aromatic heterocycles. The van der Waals surface area contributed by atoms with Crippen LogP contribution in [0.2, 0.25) is 0 Å². The smallest absolute Gasteiger partial charge is 0.147 e. The molecule has 19 heavy (non-hydrogen) atoms. The molecule has 0 saturated carbocycles. The molecule has 0 atom stereocenters. The third kappa shape index (κ3) is 3.02. The molecule has 0 spiro atoms. The minimum absolute atomic E-state index is 0.0201. The summed E-state index contributed by atoms with van der Waals surface area (Å²) in [5.41, 5.74) is 0.369. The van der Waals surface area contributed by atoms with Crippen molar-refractivity contribution in [3.8, 4) is 17.6 Å². The van der Waals surface area contributed by atoms with Crippen LogP contribution in [0.5, 0.6) is 11.5 Å². The summed E-state index contributed by atoms with van der Waals surface area (Å²) in [6.07, 6.45) is 0. The van der Waals surface area contributed by atoms with Crippen LogP contribution in [0.3, 0.4) is 0 Å². The van der Waals surface area contributed by atoms with Crippen molar-refractivity contribution in [1.82, 2.24) is 0 Å². The molecular weight excluding hydrogens is 245 g/mol. The Morgan fingerprint density at radius 2 is 1.89 bits per heavy atom. The van der Waals surface area contributed by atoms with Crippen molar-refractivity contribution in [3.05, 3.63) is 59.4 Å². The maximum atomic E-state index is 13.8. The van der Waals surface area contributed by atoms with Crippen molar-refractivity contribution in [2.75, 3.05) is 7.11 Å². The number of benzene rings is 2. The van der Waals surface area contributed by atoms with Gasteiger partial charge in [0.15, 0.2) is 0 Å². The van der Waals surface area contributed by atoms with E-state index in [2.05, 4.69) is 0 Å². The molecule has 2 aromatic carbocycles. The molecule has 0 bridgehead atoms. The lowest BCUT2D eigenvalue weighted by Crippen LogP contribution is -2.00. The number of hydrogen-bond donors (Lipinski definition) is 0. The SMILES string of the molecule is COc1cccc(OCc2cccc(C#N)c2F)c1. The van der Waals surface area contributed by atoms with E-state index in [1.165, 1.54) is 6.07 Å². The van der Waals surface area contributed by atoms with Crippen molar-refractivity contribution < 1.29 is 13.9 Å². The van der Waals surface area contributed by atoms with Crippen LogP contribution in [-0.2, 0) is 6.61 Å². The van der Waals surface area contributed by atoms with Gasteiger partial charge in [0.05, 0.1) is 12.7 Å². The van der Waals surface area contributed by atoms with E-state index in [0.717, 1.165) is 0 Å². The Labute approximate surface area is 110 Å². The van der Waals surface area contributed by atoms with Crippen molar-refractivity contribution in [3.63, 3.8) is 0 Å². The quantitative estimate of drug-likeness (QED) is 0.844. The van der Waals surface area contributed by atoms with Crippen LogP contribution in [0.4, 0.5) is 4.39 Å². The maximum absolute atomic E-state index is 13.8. The van der Waals surface area contributed by atoms with Crippen LogP contribution < -0.4 is 9.47 Å². The van der Waals surface area contributed by atoms with Gasteiger partial charge in [0.2, 0.25) is 0 Å². The van der Waals surface area contributed by atoms with E-state index in [-0.39, 0.29) is 12.2 Å². The first-order chi connectivity index (χ1) is 9.24. The number of rotatable bonds is 4. The van der Waals surface area contributed by atoms with Crippen molar-refractivity contribution in [1.29, 1.82) is 5.26 Å². The Balaban J connectivity index is 2.12. The average Bonchev–Trinajstić information content (AvgIpc) is 2.46. The molecule has 0 radical (unpaired) electrons. The van der Waals surface area contributed by atoms with E-state index in [0.29, 0.717) is 17.1 Å². The van der Waals surface area contributed by atoms with Gasteiger partial charge in [0.1, 0.15) is 30.0 Å². The van der Waals surface area contributed by atoms with E-state index >= 15 is 0 Å². The van der Waals surface area contributed by atoms with Crippen molar-refractivity contribution in [2.24, 2.45) is 0 Å². The fourth-order valence-corrected chi connectivity index (χ4v) is 1.63. The van der Waals surface area contributed by atoms with Gasteiger partial charge in [-0.1, -0.05) is 18.2 Å². The van der Waals surface area contributed by atoms with E-state index < -0.39 is 5.82 Å². The highest BCUT2D eigenvalue weighted by atomic mass is 19.1. The summed E-state index contributed by atoms with van der Waals surface area (Å²) in [6, 6.07) is 13.5. The van der Waals surface area contributed by atoms with Crippen LogP contribution in [-0.4, -0.2) is 7.11 Å². The zero-order chi connectivity index (χ0) is 13.7. The zero-order valence-corrected chi connectivity index (χ0v) is 10.4. The van der Waals surface area contributed by atoms with E-state index in [4.69, 9.17) is 14.7 Å². The van der Waals surface area contributed by atoms with Gasteiger partial charge in [-0.3, -0.25) is 0 Å². The second-order valence-corrected chi connectivity index (χ2v) is 3.86. The Kier molecular flexibility index (Phi) is 3.99. The summed E-state index contributed by atoms with van der Waals surface area (Å²) < 4.78 is 24.3. The molecule has 0 fully saturated rings. The molecule has 0 aliphatic rings. The largest absolute Gasteiger partial charge is 0.497 e. The van der Waals surface area contributed by atoms with Crippen LogP contribution in [0.1, 0.15) is 11.1 Å². The van der Waals surface area contributed by atoms with Crippen LogP contribution in [0.15, 0.2) is 42.5 Å². The normalized spacial score (nSPS) is 9.74. The Morgan fingerprint density at radius 3 is 2.63 bits per heavy atom. The Morgan fingerprint density at radius 1 is 1.16 bits per heavy atom. The topological polar surface area (TPSA) is 42.2 Å². The first kappa shape index (κ1) is 12.9. The lowest BCUT2D eigenvalue weighted by atomic mass is 10.1. The monoisotopic (exact) mass is 257 g/mol. The van der Waals surface area contributed by atoms with Gasteiger partial charge < -0.3 is 9.47 Å². The predicted octanol–water partition coefficient (Wildman–Crippen LogP) is 3.28. The molecule has 0 heterocycles. The van der Waals surface area contributed by atoms with Gasteiger partial charge >= 0.3 is 0 Å². The van der Waals surface area contributed by atoms with Gasteiger partial charge in [-0.25, -0.2) is 4.39 Å². The summed E-state index contributed by atoms with van der Waals surface area (Å²) >= 11 is 0. The fraction of sp³-hybridized carbons (Fsp3) is 0.133. The molecule has 96 valence electrons. The molecule has 3 nitrogen and oxygen atoms in total. The lowest BCUT2D eigenvalue weighted by molar-refractivity contribution is 0.297. The highest BCUT2D eigenvalue weighted by Gasteiger charge is 2.08. The summed E-state index contributed by atoms with van der Waals surface area (Å²) in [5, 5.41) is 8.75. The third-order valence-corrected chi connectivity index (χ3v) is 2.63. The van der Waals surface area contributed by atoms with E-state index in [9.17, 15) is 4.39 Å². The Bertz CT molecular complexity index is 620. The van der Waals surface area contributed by atoms with Crippen molar-refractivity contribution >= 4 is 0 Å². The molecule has 2 rings (SSSR count). The number of hydrogen-bond acceptors (Lipinski definition) is 3.